The normalized spacial score (nSPS) is 13.1. The number of hydrogen-bond donors (Lipinski definition) is 1. The zero-order chi connectivity index (χ0) is 10.8. The van der Waals surface area contributed by atoms with Crippen LogP contribution in [0.4, 0.5) is 4.39 Å². The Balaban J connectivity index is 0.00000196. The first kappa shape index (κ1) is 14.3. The molecule has 1 rings (SSSR count). The van der Waals surface area contributed by atoms with E-state index in [1.54, 1.807) is 13.2 Å². The van der Waals surface area contributed by atoms with Gasteiger partial charge in [0.25, 0.3) is 0 Å². The van der Waals surface area contributed by atoms with E-state index >= 15 is 0 Å². The van der Waals surface area contributed by atoms with Crippen LogP contribution in [0.3, 0.4) is 0 Å². The van der Waals surface area contributed by atoms with Crippen molar-refractivity contribution < 1.29 is 9.13 Å². The largest absolute Gasteiger partial charge is 0.377 e. The van der Waals surface area contributed by atoms with Crippen LogP contribution in [0.5, 0.6) is 0 Å². The van der Waals surface area contributed by atoms with Gasteiger partial charge in [-0.2, -0.15) is 0 Å². The third-order valence-electron chi connectivity index (χ3n) is 2.34. The standard InChI is InChI=1S/C10H15FN2O.ClH/c1-10(2,14-3)9(12)8-5-4-7(11)6-13-8;/h4-6,9H,12H2,1-3H3;1H. The molecule has 0 bridgehead atoms. The van der Waals surface area contributed by atoms with Gasteiger partial charge in [0.2, 0.25) is 0 Å². The van der Waals surface area contributed by atoms with E-state index in [0.29, 0.717) is 5.69 Å². The highest BCUT2D eigenvalue weighted by molar-refractivity contribution is 5.85. The summed E-state index contributed by atoms with van der Waals surface area (Å²) in [6.07, 6.45) is 1.15. The number of rotatable bonds is 3. The maximum atomic E-state index is 12.6. The summed E-state index contributed by atoms with van der Waals surface area (Å²) >= 11 is 0. The molecule has 1 atom stereocenters. The number of methoxy groups -OCH3 is 1. The van der Waals surface area contributed by atoms with Gasteiger partial charge in [0.1, 0.15) is 5.82 Å². The molecule has 15 heavy (non-hydrogen) atoms. The summed E-state index contributed by atoms with van der Waals surface area (Å²) in [5, 5.41) is 0. The first-order valence-corrected chi connectivity index (χ1v) is 4.39. The number of pyridine rings is 1. The Bertz CT molecular complexity index is 303. The minimum absolute atomic E-state index is 0. The highest BCUT2D eigenvalue weighted by Crippen LogP contribution is 2.24. The van der Waals surface area contributed by atoms with Gasteiger partial charge in [-0.25, -0.2) is 4.39 Å². The average Bonchev–Trinajstić information content (AvgIpc) is 2.18. The van der Waals surface area contributed by atoms with Crippen LogP contribution >= 0.6 is 12.4 Å². The molecule has 0 aliphatic carbocycles. The van der Waals surface area contributed by atoms with Gasteiger partial charge in [-0.3, -0.25) is 4.98 Å². The molecular weight excluding hydrogens is 219 g/mol. The molecule has 0 amide bonds. The van der Waals surface area contributed by atoms with E-state index in [-0.39, 0.29) is 24.3 Å². The molecule has 86 valence electrons. The Morgan fingerprint density at radius 3 is 2.47 bits per heavy atom. The smallest absolute Gasteiger partial charge is 0.141 e. The SMILES string of the molecule is COC(C)(C)C(N)c1ccc(F)cn1.Cl. The van der Waals surface area contributed by atoms with Crippen LogP contribution in [0.1, 0.15) is 25.6 Å². The molecule has 3 nitrogen and oxygen atoms in total. The van der Waals surface area contributed by atoms with Gasteiger partial charge in [0, 0.05) is 7.11 Å². The number of aromatic nitrogens is 1. The van der Waals surface area contributed by atoms with Gasteiger partial charge in [-0.15, -0.1) is 12.4 Å². The summed E-state index contributed by atoms with van der Waals surface area (Å²) in [4.78, 5) is 3.91. The Labute approximate surface area is 95.2 Å². The lowest BCUT2D eigenvalue weighted by atomic mass is 9.96. The van der Waals surface area contributed by atoms with Crippen LogP contribution in [0.2, 0.25) is 0 Å². The van der Waals surface area contributed by atoms with E-state index in [2.05, 4.69) is 4.98 Å². The summed E-state index contributed by atoms with van der Waals surface area (Å²) in [5.74, 6) is -0.365. The second-order valence-electron chi connectivity index (χ2n) is 3.69. The molecule has 1 aromatic heterocycles. The number of nitrogens with zero attached hydrogens (tertiary/aromatic N) is 1. The third kappa shape index (κ3) is 3.41. The number of halogens is 2. The molecule has 0 aromatic carbocycles. The quantitative estimate of drug-likeness (QED) is 0.871. The van der Waals surface area contributed by atoms with Crippen LogP contribution in [0.15, 0.2) is 18.3 Å². The molecule has 0 saturated heterocycles. The fourth-order valence-electron chi connectivity index (χ4n) is 1.05. The third-order valence-corrected chi connectivity index (χ3v) is 2.34. The molecule has 1 aromatic rings. The summed E-state index contributed by atoms with van der Waals surface area (Å²) < 4.78 is 17.8. The van der Waals surface area contributed by atoms with Gasteiger partial charge in [-0.05, 0) is 26.0 Å². The molecule has 5 heteroatoms. The van der Waals surface area contributed by atoms with Crippen molar-refractivity contribution in [3.05, 3.63) is 29.8 Å². The lowest BCUT2D eigenvalue weighted by Crippen LogP contribution is -2.37. The van der Waals surface area contributed by atoms with E-state index in [1.165, 1.54) is 6.07 Å². The van der Waals surface area contributed by atoms with E-state index < -0.39 is 5.60 Å². The summed E-state index contributed by atoms with van der Waals surface area (Å²) in [6, 6.07) is 2.54. The maximum absolute atomic E-state index is 12.6. The van der Waals surface area contributed by atoms with Crippen molar-refractivity contribution >= 4 is 12.4 Å². The Hall–Kier alpha value is -0.710. The lowest BCUT2D eigenvalue weighted by Gasteiger charge is -2.29. The van der Waals surface area contributed by atoms with E-state index in [9.17, 15) is 4.39 Å². The number of nitrogens with two attached hydrogens (primary N) is 1. The van der Waals surface area contributed by atoms with Crippen LogP contribution in [0.25, 0.3) is 0 Å². The molecule has 1 heterocycles. The summed E-state index contributed by atoms with van der Waals surface area (Å²) in [7, 11) is 1.59. The maximum Gasteiger partial charge on any atom is 0.141 e. The van der Waals surface area contributed by atoms with Crippen LogP contribution < -0.4 is 5.73 Å². The van der Waals surface area contributed by atoms with Crippen LogP contribution in [-0.4, -0.2) is 17.7 Å². The highest BCUT2D eigenvalue weighted by atomic mass is 35.5. The topological polar surface area (TPSA) is 48.1 Å². The highest BCUT2D eigenvalue weighted by Gasteiger charge is 2.28. The Morgan fingerprint density at radius 2 is 2.07 bits per heavy atom. The van der Waals surface area contributed by atoms with Gasteiger partial charge >= 0.3 is 0 Å². The zero-order valence-corrected chi connectivity index (χ0v) is 9.84. The van der Waals surface area contributed by atoms with Gasteiger partial charge in [-0.1, -0.05) is 0 Å². The molecule has 0 aliphatic rings. The molecule has 1 unspecified atom stereocenters. The van der Waals surface area contributed by atoms with E-state index in [0.717, 1.165) is 6.20 Å². The van der Waals surface area contributed by atoms with Crippen molar-refractivity contribution in [1.29, 1.82) is 0 Å². The second-order valence-corrected chi connectivity index (χ2v) is 3.69. The van der Waals surface area contributed by atoms with Gasteiger partial charge < -0.3 is 10.5 Å². The number of hydrogen-bond acceptors (Lipinski definition) is 3. The van der Waals surface area contributed by atoms with Crippen molar-refractivity contribution in [3.63, 3.8) is 0 Å². The average molecular weight is 235 g/mol. The first-order chi connectivity index (χ1) is 6.47. The molecule has 0 fully saturated rings. The van der Waals surface area contributed by atoms with Crippen molar-refractivity contribution in [1.82, 2.24) is 4.98 Å². The fourth-order valence-corrected chi connectivity index (χ4v) is 1.05. The Morgan fingerprint density at radius 1 is 1.47 bits per heavy atom. The van der Waals surface area contributed by atoms with Crippen LogP contribution in [-0.2, 0) is 4.74 Å². The van der Waals surface area contributed by atoms with Crippen LogP contribution in [0, 0.1) is 5.82 Å². The minimum Gasteiger partial charge on any atom is -0.377 e. The van der Waals surface area contributed by atoms with Gasteiger partial charge in [0.05, 0.1) is 23.5 Å². The van der Waals surface area contributed by atoms with E-state index in [1.807, 2.05) is 13.8 Å². The van der Waals surface area contributed by atoms with Crippen molar-refractivity contribution in [2.24, 2.45) is 5.73 Å². The zero-order valence-electron chi connectivity index (χ0n) is 9.03. The fraction of sp³-hybridized carbons (Fsp3) is 0.500. The molecular formula is C10H16ClFN2O. The molecule has 0 aliphatic heterocycles. The first-order valence-electron chi connectivity index (χ1n) is 4.39. The lowest BCUT2D eigenvalue weighted by molar-refractivity contribution is -0.00111. The van der Waals surface area contributed by atoms with E-state index in [4.69, 9.17) is 10.5 Å². The molecule has 0 spiro atoms. The van der Waals surface area contributed by atoms with Crippen molar-refractivity contribution in [2.45, 2.75) is 25.5 Å². The second kappa shape index (κ2) is 5.39. The van der Waals surface area contributed by atoms with Crippen molar-refractivity contribution in [2.75, 3.05) is 7.11 Å². The number of ether oxygens (including phenoxy) is 1. The van der Waals surface area contributed by atoms with Crippen molar-refractivity contribution in [3.8, 4) is 0 Å². The predicted molar refractivity (Wildman–Crippen MR) is 59.5 cm³/mol. The predicted octanol–water partition coefficient (Wildman–Crippen LogP) is 2.07. The summed E-state index contributed by atoms with van der Waals surface area (Å²) in [6.45, 7) is 3.73. The molecule has 2 N–H and O–H groups in total. The molecule has 0 saturated carbocycles. The summed E-state index contributed by atoms with van der Waals surface area (Å²) in [5.41, 5.74) is 6.04. The molecule has 0 radical (unpaired) electrons. The monoisotopic (exact) mass is 234 g/mol. The Kier molecular flexibility index (Phi) is 5.14. The minimum atomic E-state index is -0.509. The van der Waals surface area contributed by atoms with Gasteiger partial charge in [0.15, 0.2) is 0 Å².